The first-order valence-electron chi connectivity index (χ1n) is 9.11. The van der Waals surface area contributed by atoms with Gasteiger partial charge < -0.3 is 4.90 Å². The summed E-state index contributed by atoms with van der Waals surface area (Å²) in [6.07, 6.45) is 7.33. The summed E-state index contributed by atoms with van der Waals surface area (Å²) in [5, 5.41) is 8.45. The van der Waals surface area contributed by atoms with E-state index in [0.29, 0.717) is 19.0 Å². The van der Waals surface area contributed by atoms with Crippen molar-refractivity contribution >= 4 is 15.8 Å². The molecule has 1 saturated heterocycles. The highest BCUT2D eigenvalue weighted by atomic mass is 32.2. The van der Waals surface area contributed by atoms with Crippen LogP contribution in [-0.4, -0.2) is 54.3 Å². The molecule has 2 heterocycles. The fourth-order valence-electron chi connectivity index (χ4n) is 3.78. The molecule has 0 atom stereocenters. The molecule has 1 aromatic rings. The average molecular weight is 350 g/mol. The van der Waals surface area contributed by atoms with Gasteiger partial charge in [-0.3, -0.25) is 0 Å². The number of likely N-dealkylation sites (N-methyl/N-ethyl adjacent to an activating group) is 1. The molecule has 1 aromatic heterocycles. The zero-order valence-electron chi connectivity index (χ0n) is 14.3. The van der Waals surface area contributed by atoms with Gasteiger partial charge >= 0.3 is 0 Å². The third kappa shape index (κ3) is 3.04. The largest absolute Gasteiger partial charge is 0.352 e. The molecule has 3 aliphatic rings. The van der Waals surface area contributed by atoms with Crippen LogP contribution in [0.5, 0.6) is 0 Å². The summed E-state index contributed by atoms with van der Waals surface area (Å²) in [6, 6.07) is 4.14. The molecule has 4 rings (SSSR count). The monoisotopic (exact) mass is 350 g/mol. The molecule has 6 nitrogen and oxygen atoms in total. The van der Waals surface area contributed by atoms with Gasteiger partial charge in [-0.1, -0.05) is 19.3 Å². The maximum absolute atomic E-state index is 12.8. The van der Waals surface area contributed by atoms with Gasteiger partial charge in [0.2, 0.25) is 10.0 Å². The van der Waals surface area contributed by atoms with Crippen LogP contribution in [0.2, 0.25) is 0 Å². The topological polar surface area (TPSA) is 66.4 Å². The quantitative estimate of drug-likeness (QED) is 0.814. The second kappa shape index (κ2) is 6.26. The summed E-state index contributed by atoms with van der Waals surface area (Å²) in [5.74, 6) is 1.47. The molecule has 0 unspecified atom stereocenters. The highest BCUT2D eigenvalue weighted by Crippen LogP contribution is 2.39. The number of nitrogens with zero attached hydrogens (tertiary/aromatic N) is 4. The minimum atomic E-state index is -3.17. The van der Waals surface area contributed by atoms with E-state index in [4.69, 9.17) is 0 Å². The van der Waals surface area contributed by atoms with Crippen molar-refractivity contribution in [2.75, 3.05) is 25.0 Å². The molecule has 132 valence electrons. The van der Waals surface area contributed by atoms with E-state index in [0.717, 1.165) is 37.2 Å². The first-order valence-corrected chi connectivity index (χ1v) is 10.6. The van der Waals surface area contributed by atoms with Crippen LogP contribution in [0.4, 0.5) is 5.82 Å². The summed E-state index contributed by atoms with van der Waals surface area (Å²) >= 11 is 0. The standard InChI is InChI=1S/C17H26N4O2S/c1-20(24(22,23)15-5-3-2-4-6-15)14-11-21(12-14)17-10-9-16(18-19-17)13-7-8-13/h9-10,13-15H,2-8,11-12H2,1H3. The Bertz CT molecular complexity index is 675. The van der Waals surface area contributed by atoms with Gasteiger partial charge in [-0.25, -0.2) is 8.42 Å². The molecule has 2 aliphatic carbocycles. The highest BCUT2D eigenvalue weighted by molar-refractivity contribution is 7.89. The normalized spacial score (nSPS) is 23.5. The Hall–Kier alpha value is -1.21. The lowest BCUT2D eigenvalue weighted by Gasteiger charge is -2.44. The van der Waals surface area contributed by atoms with Crippen LogP contribution in [0.25, 0.3) is 0 Å². The molecule has 2 saturated carbocycles. The predicted octanol–water partition coefficient (Wildman–Crippen LogP) is 2.14. The predicted molar refractivity (Wildman–Crippen MR) is 93.6 cm³/mol. The van der Waals surface area contributed by atoms with Crippen molar-refractivity contribution in [2.45, 2.75) is 62.2 Å². The van der Waals surface area contributed by atoms with Gasteiger partial charge in [0.1, 0.15) is 0 Å². The summed E-state index contributed by atoms with van der Waals surface area (Å²) in [7, 11) is -1.42. The zero-order valence-corrected chi connectivity index (χ0v) is 15.1. The van der Waals surface area contributed by atoms with Crippen LogP contribution in [0.15, 0.2) is 12.1 Å². The van der Waals surface area contributed by atoms with E-state index in [-0.39, 0.29) is 11.3 Å². The van der Waals surface area contributed by atoms with E-state index in [1.54, 1.807) is 11.4 Å². The molecule has 7 heteroatoms. The second-order valence-electron chi connectivity index (χ2n) is 7.47. The Morgan fingerprint density at radius 2 is 1.75 bits per heavy atom. The van der Waals surface area contributed by atoms with Crippen LogP contribution in [0.1, 0.15) is 56.6 Å². The van der Waals surface area contributed by atoms with Crippen molar-refractivity contribution < 1.29 is 8.42 Å². The molecule has 0 N–H and O–H groups in total. The lowest BCUT2D eigenvalue weighted by atomic mass is 10.0. The van der Waals surface area contributed by atoms with E-state index < -0.39 is 10.0 Å². The molecule has 0 amide bonds. The lowest BCUT2D eigenvalue weighted by molar-refractivity contribution is 0.301. The van der Waals surface area contributed by atoms with Gasteiger partial charge in [0, 0.05) is 26.1 Å². The van der Waals surface area contributed by atoms with Crippen molar-refractivity contribution in [3.8, 4) is 0 Å². The van der Waals surface area contributed by atoms with E-state index >= 15 is 0 Å². The molecular formula is C17H26N4O2S. The molecule has 0 bridgehead atoms. The van der Waals surface area contributed by atoms with Crippen LogP contribution < -0.4 is 4.90 Å². The zero-order chi connectivity index (χ0) is 16.7. The van der Waals surface area contributed by atoms with Gasteiger partial charge in [-0.2, -0.15) is 9.40 Å². The fourth-order valence-corrected chi connectivity index (χ4v) is 5.73. The smallest absolute Gasteiger partial charge is 0.217 e. The Labute approximate surface area is 144 Å². The van der Waals surface area contributed by atoms with E-state index in [9.17, 15) is 8.42 Å². The van der Waals surface area contributed by atoms with E-state index in [2.05, 4.69) is 21.2 Å². The van der Waals surface area contributed by atoms with Gasteiger partial charge in [0.15, 0.2) is 5.82 Å². The first kappa shape index (κ1) is 16.3. The first-order chi connectivity index (χ1) is 11.6. The van der Waals surface area contributed by atoms with Gasteiger partial charge in [0.05, 0.1) is 17.0 Å². The summed E-state index contributed by atoms with van der Waals surface area (Å²) < 4.78 is 27.2. The number of sulfonamides is 1. The Kier molecular flexibility index (Phi) is 4.24. The number of hydrogen-bond acceptors (Lipinski definition) is 5. The summed E-state index contributed by atoms with van der Waals surface area (Å²) in [6.45, 7) is 1.42. The van der Waals surface area contributed by atoms with Crippen molar-refractivity contribution in [2.24, 2.45) is 0 Å². The highest BCUT2D eigenvalue weighted by Gasteiger charge is 2.40. The van der Waals surface area contributed by atoms with Gasteiger partial charge in [-0.15, -0.1) is 5.10 Å². The average Bonchev–Trinajstić information content (AvgIpc) is 3.40. The molecule has 1 aliphatic heterocycles. The summed E-state index contributed by atoms with van der Waals surface area (Å²) in [5.41, 5.74) is 1.09. The van der Waals surface area contributed by atoms with Crippen molar-refractivity contribution in [1.82, 2.24) is 14.5 Å². The van der Waals surface area contributed by atoms with Crippen LogP contribution >= 0.6 is 0 Å². The van der Waals surface area contributed by atoms with Crippen LogP contribution in [0.3, 0.4) is 0 Å². The SMILES string of the molecule is CN(C1CN(c2ccc(C3CC3)nn2)C1)S(=O)(=O)C1CCCCC1. The molecular weight excluding hydrogens is 324 g/mol. The number of rotatable bonds is 5. The van der Waals surface area contributed by atoms with E-state index in [1.807, 2.05) is 6.07 Å². The molecule has 3 fully saturated rings. The molecule has 0 spiro atoms. The fraction of sp³-hybridized carbons (Fsp3) is 0.765. The summed E-state index contributed by atoms with van der Waals surface area (Å²) in [4.78, 5) is 2.11. The van der Waals surface area contributed by atoms with Crippen molar-refractivity contribution in [3.63, 3.8) is 0 Å². The minimum absolute atomic E-state index is 0.0573. The Morgan fingerprint density at radius 1 is 1.04 bits per heavy atom. The maximum atomic E-state index is 12.8. The molecule has 0 aromatic carbocycles. The van der Waals surface area contributed by atoms with Gasteiger partial charge in [-0.05, 0) is 37.8 Å². The third-order valence-corrected chi connectivity index (χ3v) is 8.16. The van der Waals surface area contributed by atoms with E-state index in [1.165, 1.54) is 19.3 Å². The Morgan fingerprint density at radius 3 is 2.33 bits per heavy atom. The van der Waals surface area contributed by atoms with Crippen molar-refractivity contribution in [1.29, 1.82) is 0 Å². The molecule has 24 heavy (non-hydrogen) atoms. The van der Waals surface area contributed by atoms with Crippen LogP contribution in [-0.2, 0) is 10.0 Å². The lowest BCUT2D eigenvalue weighted by Crippen LogP contribution is -2.61. The number of anilines is 1. The minimum Gasteiger partial charge on any atom is -0.352 e. The number of aromatic nitrogens is 2. The second-order valence-corrected chi connectivity index (χ2v) is 9.74. The van der Waals surface area contributed by atoms with Gasteiger partial charge in [0.25, 0.3) is 0 Å². The van der Waals surface area contributed by atoms with Crippen molar-refractivity contribution in [3.05, 3.63) is 17.8 Å². The third-order valence-electron chi connectivity index (χ3n) is 5.74. The number of hydrogen-bond donors (Lipinski definition) is 0. The Balaban J connectivity index is 1.35. The van der Waals surface area contributed by atoms with Crippen LogP contribution in [0, 0.1) is 0 Å². The molecule has 0 radical (unpaired) electrons. The maximum Gasteiger partial charge on any atom is 0.217 e.